The fourth-order valence-corrected chi connectivity index (χ4v) is 1.43. The molecule has 5 nitrogen and oxygen atoms in total. The number of nitrogens with one attached hydrogen (secondary N) is 1. The average Bonchev–Trinajstić information content (AvgIpc) is 2.42. The Morgan fingerprint density at radius 2 is 2.11 bits per heavy atom. The average molecular weight is 273 g/mol. The lowest BCUT2D eigenvalue weighted by molar-refractivity contribution is 0.0182. The van der Waals surface area contributed by atoms with Gasteiger partial charge in [0.15, 0.2) is 11.6 Å². The second-order valence-corrected chi connectivity index (χ2v) is 3.95. The van der Waals surface area contributed by atoms with E-state index in [9.17, 15) is 9.50 Å². The Morgan fingerprint density at radius 3 is 2.79 bits per heavy atom. The molecule has 2 N–H and O–H groups in total. The van der Waals surface area contributed by atoms with E-state index in [0.29, 0.717) is 25.4 Å². The lowest BCUT2D eigenvalue weighted by Gasteiger charge is -2.14. The molecule has 0 bridgehead atoms. The van der Waals surface area contributed by atoms with Crippen molar-refractivity contribution in [2.75, 3.05) is 45.9 Å². The van der Waals surface area contributed by atoms with Crippen LogP contribution in [0.5, 0.6) is 5.75 Å². The lowest BCUT2D eigenvalue weighted by atomic mass is 10.2. The molecule has 1 atom stereocenters. The van der Waals surface area contributed by atoms with Crippen molar-refractivity contribution in [3.63, 3.8) is 0 Å². The number of ether oxygens (including phenoxy) is 3. The second-order valence-electron chi connectivity index (χ2n) is 3.95. The molecule has 6 heteroatoms. The van der Waals surface area contributed by atoms with Crippen LogP contribution in [-0.2, 0) is 9.47 Å². The number of benzene rings is 1. The first-order chi connectivity index (χ1) is 9.17. The van der Waals surface area contributed by atoms with Crippen molar-refractivity contribution >= 4 is 5.69 Å². The standard InChI is InChI=1S/C13H20FNO4/c1-17-5-6-19-9-11(16)8-15-10-3-4-12(14)13(7-10)18-2/h3-4,7,11,15-16H,5-6,8-9H2,1-2H3. The van der Waals surface area contributed by atoms with Gasteiger partial charge in [-0.3, -0.25) is 0 Å². The van der Waals surface area contributed by atoms with Crippen molar-refractivity contribution in [2.24, 2.45) is 0 Å². The highest BCUT2D eigenvalue weighted by atomic mass is 19.1. The van der Waals surface area contributed by atoms with E-state index in [0.717, 1.165) is 0 Å². The minimum absolute atomic E-state index is 0.163. The molecule has 1 rings (SSSR count). The summed E-state index contributed by atoms with van der Waals surface area (Å²) in [6.07, 6.45) is -0.645. The Morgan fingerprint density at radius 1 is 1.32 bits per heavy atom. The Kier molecular flexibility index (Phi) is 7.17. The van der Waals surface area contributed by atoms with Crippen LogP contribution in [0.2, 0.25) is 0 Å². The van der Waals surface area contributed by atoms with Gasteiger partial charge >= 0.3 is 0 Å². The van der Waals surface area contributed by atoms with Crippen molar-refractivity contribution in [1.29, 1.82) is 0 Å². The number of hydrogen-bond donors (Lipinski definition) is 2. The fraction of sp³-hybridized carbons (Fsp3) is 0.538. The molecule has 0 radical (unpaired) electrons. The first kappa shape index (κ1) is 15.7. The van der Waals surface area contributed by atoms with Gasteiger partial charge in [0.25, 0.3) is 0 Å². The Hall–Kier alpha value is -1.37. The number of methoxy groups -OCH3 is 2. The van der Waals surface area contributed by atoms with Gasteiger partial charge < -0.3 is 24.6 Å². The van der Waals surface area contributed by atoms with Crippen LogP contribution in [0.1, 0.15) is 0 Å². The van der Waals surface area contributed by atoms with Crippen LogP contribution in [0, 0.1) is 5.82 Å². The van der Waals surface area contributed by atoms with Crippen LogP contribution in [0.15, 0.2) is 18.2 Å². The van der Waals surface area contributed by atoms with Crippen molar-refractivity contribution in [3.05, 3.63) is 24.0 Å². The van der Waals surface area contributed by atoms with Gasteiger partial charge in [0.05, 0.1) is 33.0 Å². The molecule has 0 saturated carbocycles. The minimum atomic E-state index is -0.645. The molecule has 0 aliphatic heterocycles. The molecule has 0 fully saturated rings. The fourth-order valence-electron chi connectivity index (χ4n) is 1.43. The van der Waals surface area contributed by atoms with Gasteiger partial charge in [-0.15, -0.1) is 0 Å². The highest BCUT2D eigenvalue weighted by Crippen LogP contribution is 2.21. The van der Waals surface area contributed by atoms with E-state index < -0.39 is 11.9 Å². The zero-order valence-electron chi connectivity index (χ0n) is 11.2. The molecule has 108 valence electrons. The third kappa shape index (κ3) is 5.87. The number of halogens is 1. The van der Waals surface area contributed by atoms with Crippen molar-refractivity contribution in [1.82, 2.24) is 0 Å². The van der Waals surface area contributed by atoms with Crippen molar-refractivity contribution in [2.45, 2.75) is 6.10 Å². The number of hydrogen-bond acceptors (Lipinski definition) is 5. The van der Waals surface area contributed by atoms with Gasteiger partial charge in [-0.2, -0.15) is 0 Å². The van der Waals surface area contributed by atoms with Crippen LogP contribution >= 0.6 is 0 Å². The molecule has 0 aliphatic rings. The zero-order valence-corrected chi connectivity index (χ0v) is 11.2. The van der Waals surface area contributed by atoms with Crippen LogP contribution in [0.4, 0.5) is 10.1 Å². The molecule has 0 heterocycles. The molecular formula is C13H20FNO4. The van der Waals surface area contributed by atoms with E-state index in [1.165, 1.54) is 19.2 Å². The minimum Gasteiger partial charge on any atom is -0.494 e. The van der Waals surface area contributed by atoms with E-state index in [1.807, 2.05) is 0 Å². The summed E-state index contributed by atoms with van der Waals surface area (Å²) >= 11 is 0. The molecule has 0 aromatic heterocycles. The summed E-state index contributed by atoms with van der Waals surface area (Å²) in [4.78, 5) is 0. The predicted octanol–water partition coefficient (Wildman–Crippen LogP) is 1.27. The molecule has 0 amide bonds. The summed E-state index contributed by atoms with van der Waals surface area (Å²) in [6.45, 7) is 1.46. The summed E-state index contributed by atoms with van der Waals surface area (Å²) < 4.78 is 28.0. The largest absolute Gasteiger partial charge is 0.494 e. The molecule has 19 heavy (non-hydrogen) atoms. The van der Waals surface area contributed by atoms with Crippen molar-refractivity contribution < 1.29 is 23.7 Å². The molecule has 1 unspecified atom stereocenters. The maximum absolute atomic E-state index is 13.2. The van der Waals surface area contributed by atoms with Crippen LogP contribution in [0.3, 0.4) is 0 Å². The van der Waals surface area contributed by atoms with E-state index >= 15 is 0 Å². The molecule has 1 aromatic carbocycles. The van der Waals surface area contributed by atoms with Gasteiger partial charge in [-0.05, 0) is 12.1 Å². The molecule has 0 saturated heterocycles. The Bertz CT molecular complexity index is 376. The SMILES string of the molecule is COCCOCC(O)CNc1ccc(F)c(OC)c1. The summed E-state index contributed by atoms with van der Waals surface area (Å²) in [5.41, 5.74) is 0.675. The predicted molar refractivity (Wildman–Crippen MR) is 70.1 cm³/mol. The summed E-state index contributed by atoms with van der Waals surface area (Å²) in [7, 11) is 2.99. The highest BCUT2D eigenvalue weighted by molar-refractivity contribution is 5.48. The Labute approximate surface area is 112 Å². The molecular weight excluding hydrogens is 253 g/mol. The van der Waals surface area contributed by atoms with Gasteiger partial charge in [0.1, 0.15) is 0 Å². The molecule has 0 aliphatic carbocycles. The maximum atomic E-state index is 13.2. The number of anilines is 1. The second kappa shape index (κ2) is 8.68. The number of aliphatic hydroxyl groups is 1. The monoisotopic (exact) mass is 273 g/mol. The highest BCUT2D eigenvalue weighted by Gasteiger charge is 2.06. The maximum Gasteiger partial charge on any atom is 0.165 e. The summed E-state index contributed by atoms with van der Waals surface area (Å²) in [5.74, 6) is -0.257. The lowest BCUT2D eigenvalue weighted by Crippen LogP contribution is -2.25. The number of aliphatic hydroxyl groups excluding tert-OH is 1. The Balaban J connectivity index is 2.31. The quantitative estimate of drug-likeness (QED) is 0.664. The number of rotatable bonds is 9. The van der Waals surface area contributed by atoms with Crippen LogP contribution in [-0.4, -0.2) is 51.8 Å². The molecule has 1 aromatic rings. The van der Waals surface area contributed by atoms with Crippen molar-refractivity contribution in [3.8, 4) is 5.75 Å². The van der Waals surface area contributed by atoms with Gasteiger partial charge in [0, 0.05) is 25.4 Å². The zero-order chi connectivity index (χ0) is 14.1. The van der Waals surface area contributed by atoms with Gasteiger partial charge in [-0.1, -0.05) is 0 Å². The van der Waals surface area contributed by atoms with E-state index in [1.54, 1.807) is 13.2 Å². The van der Waals surface area contributed by atoms with Crippen LogP contribution < -0.4 is 10.1 Å². The third-order valence-corrected chi connectivity index (χ3v) is 2.43. The first-order valence-electron chi connectivity index (χ1n) is 5.99. The topological polar surface area (TPSA) is 60.0 Å². The van der Waals surface area contributed by atoms with E-state index in [4.69, 9.17) is 14.2 Å². The van der Waals surface area contributed by atoms with Gasteiger partial charge in [-0.25, -0.2) is 4.39 Å². The third-order valence-electron chi connectivity index (χ3n) is 2.43. The van der Waals surface area contributed by atoms with Gasteiger partial charge in [0.2, 0.25) is 0 Å². The molecule has 0 spiro atoms. The first-order valence-corrected chi connectivity index (χ1v) is 5.99. The summed E-state index contributed by atoms with van der Waals surface area (Å²) in [6, 6.07) is 4.42. The van der Waals surface area contributed by atoms with E-state index in [-0.39, 0.29) is 12.4 Å². The summed E-state index contributed by atoms with van der Waals surface area (Å²) in [5, 5.41) is 12.6. The van der Waals surface area contributed by atoms with Crippen LogP contribution in [0.25, 0.3) is 0 Å². The normalized spacial score (nSPS) is 12.2. The smallest absolute Gasteiger partial charge is 0.165 e. The van der Waals surface area contributed by atoms with E-state index in [2.05, 4.69) is 5.32 Å².